The van der Waals surface area contributed by atoms with Gasteiger partial charge < -0.3 is 9.72 Å². The average molecular weight is 270 g/mol. The van der Waals surface area contributed by atoms with Gasteiger partial charge in [-0.05, 0) is 49.9 Å². The normalized spacial score (nSPS) is 27.1. The van der Waals surface area contributed by atoms with Crippen LogP contribution in [0.3, 0.4) is 0 Å². The minimum absolute atomic E-state index is 0.552. The zero-order valence-electron chi connectivity index (χ0n) is 12.1. The molecule has 2 fully saturated rings. The Kier molecular flexibility index (Phi) is 2.82. The van der Waals surface area contributed by atoms with Crippen molar-refractivity contribution in [3.8, 4) is 0 Å². The molecule has 4 nitrogen and oxygen atoms in total. The molecule has 20 heavy (non-hydrogen) atoms. The molecule has 0 aromatic carbocycles. The summed E-state index contributed by atoms with van der Waals surface area (Å²) in [5, 5.41) is 3.53. The fourth-order valence-corrected chi connectivity index (χ4v) is 3.79. The molecule has 1 unspecified atom stereocenters. The summed E-state index contributed by atoms with van der Waals surface area (Å²) in [4.78, 5) is 7.11. The third-order valence-corrected chi connectivity index (χ3v) is 4.97. The molecule has 1 spiro atoms. The lowest BCUT2D eigenvalue weighted by Crippen LogP contribution is -2.29. The van der Waals surface area contributed by atoms with Crippen molar-refractivity contribution in [2.24, 2.45) is 5.41 Å². The number of aromatic nitrogens is 2. The first-order valence-corrected chi connectivity index (χ1v) is 7.60. The van der Waals surface area contributed by atoms with Crippen molar-refractivity contribution >= 4 is 5.65 Å². The van der Waals surface area contributed by atoms with Crippen LogP contribution in [0.25, 0.3) is 5.65 Å². The first kappa shape index (κ1) is 12.4. The number of nitrogens with zero attached hydrogens (tertiary/aromatic N) is 3. The van der Waals surface area contributed by atoms with Crippen LogP contribution in [0.4, 0.5) is 0 Å². The van der Waals surface area contributed by atoms with Gasteiger partial charge in [-0.2, -0.15) is 0 Å². The van der Waals surface area contributed by atoms with Gasteiger partial charge in [0, 0.05) is 25.8 Å². The van der Waals surface area contributed by atoms with E-state index in [2.05, 4.69) is 44.9 Å². The minimum Gasteiger partial charge on any atom is -0.316 e. The second kappa shape index (κ2) is 4.57. The summed E-state index contributed by atoms with van der Waals surface area (Å²) < 4.78 is 2.24. The molecule has 2 aromatic rings. The number of hydrogen-bond acceptors (Lipinski definition) is 3. The standard InChI is InChI=1S/C16H22N4/c1-13-2-3-15-18-8-14(20(15)9-13)10-19-7-5-16(12-19)4-6-17-11-16/h2-3,8-9,17H,4-7,10-12H2,1H3. The summed E-state index contributed by atoms with van der Waals surface area (Å²) in [6.45, 7) is 8.02. The number of nitrogens with one attached hydrogen (secondary N) is 1. The predicted octanol–water partition coefficient (Wildman–Crippen LogP) is 1.83. The van der Waals surface area contributed by atoms with Gasteiger partial charge in [0.2, 0.25) is 0 Å². The molecule has 2 saturated heterocycles. The fourth-order valence-electron chi connectivity index (χ4n) is 3.79. The van der Waals surface area contributed by atoms with E-state index in [9.17, 15) is 0 Å². The Morgan fingerprint density at radius 2 is 2.30 bits per heavy atom. The van der Waals surface area contributed by atoms with E-state index in [1.807, 2.05) is 6.20 Å². The fraction of sp³-hybridized carbons (Fsp3) is 0.562. The minimum atomic E-state index is 0.552. The first-order valence-electron chi connectivity index (χ1n) is 7.60. The van der Waals surface area contributed by atoms with Crippen LogP contribution in [0, 0.1) is 12.3 Å². The van der Waals surface area contributed by atoms with Gasteiger partial charge in [-0.15, -0.1) is 0 Å². The molecular formula is C16H22N4. The monoisotopic (exact) mass is 270 g/mol. The average Bonchev–Trinajstić information content (AvgIpc) is 3.14. The molecule has 0 aliphatic carbocycles. The Morgan fingerprint density at radius 1 is 1.35 bits per heavy atom. The van der Waals surface area contributed by atoms with Crippen molar-refractivity contribution in [1.82, 2.24) is 19.6 Å². The molecule has 2 aliphatic rings. The summed E-state index contributed by atoms with van der Waals surface area (Å²) in [5.74, 6) is 0. The second-order valence-electron chi connectivity index (χ2n) is 6.57. The summed E-state index contributed by atoms with van der Waals surface area (Å²) in [5.41, 5.74) is 4.21. The lowest BCUT2D eigenvalue weighted by molar-refractivity contribution is 0.266. The highest BCUT2D eigenvalue weighted by atomic mass is 15.2. The quantitative estimate of drug-likeness (QED) is 0.903. The van der Waals surface area contributed by atoms with E-state index < -0.39 is 0 Å². The lowest BCUT2D eigenvalue weighted by Gasteiger charge is -2.22. The van der Waals surface area contributed by atoms with Crippen LogP contribution in [-0.2, 0) is 6.54 Å². The topological polar surface area (TPSA) is 32.6 Å². The van der Waals surface area contributed by atoms with E-state index in [1.54, 1.807) is 0 Å². The van der Waals surface area contributed by atoms with Crippen molar-refractivity contribution in [3.63, 3.8) is 0 Å². The Labute approximate surface area is 119 Å². The summed E-state index contributed by atoms with van der Waals surface area (Å²) >= 11 is 0. The van der Waals surface area contributed by atoms with Gasteiger partial charge in [-0.3, -0.25) is 4.90 Å². The van der Waals surface area contributed by atoms with E-state index in [4.69, 9.17) is 0 Å². The van der Waals surface area contributed by atoms with Crippen molar-refractivity contribution in [2.45, 2.75) is 26.3 Å². The van der Waals surface area contributed by atoms with Crippen LogP contribution in [0.1, 0.15) is 24.1 Å². The van der Waals surface area contributed by atoms with Gasteiger partial charge in [-0.1, -0.05) is 6.07 Å². The number of aryl methyl sites for hydroxylation is 1. The maximum Gasteiger partial charge on any atom is 0.136 e. The molecule has 0 amide bonds. The van der Waals surface area contributed by atoms with E-state index in [-0.39, 0.29) is 0 Å². The third kappa shape index (κ3) is 2.03. The molecule has 4 heteroatoms. The second-order valence-corrected chi connectivity index (χ2v) is 6.57. The van der Waals surface area contributed by atoms with Crippen molar-refractivity contribution < 1.29 is 0 Å². The summed E-state index contributed by atoms with van der Waals surface area (Å²) in [7, 11) is 0. The zero-order chi connectivity index (χ0) is 13.6. The smallest absolute Gasteiger partial charge is 0.136 e. The van der Waals surface area contributed by atoms with Gasteiger partial charge in [-0.25, -0.2) is 4.98 Å². The SMILES string of the molecule is Cc1ccc2ncc(CN3CCC4(CCNC4)C3)n2c1. The van der Waals surface area contributed by atoms with Gasteiger partial charge in [0.05, 0.1) is 11.9 Å². The molecule has 1 atom stereocenters. The lowest BCUT2D eigenvalue weighted by atomic mass is 9.87. The molecule has 106 valence electrons. The Hall–Kier alpha value is -1.39. The molecule has 0 bridgehead atoms. The van der Waals surface area contributed by atoms with Gasteiger partial charge in [0.15, 0.2) is 0 Å². The number of hydrogen-bond donors (Lipinski definition) is 1. The van der Waals surface area contributed by atoms with Crippen LogP contribution >= 0.6 is 0 Å². The Bertz CT molecular complexity index is 624. The van der Waals surface area contributed by atoms with E-state index in [0.29, 0.717) is 5.41 Å². The van der Waals surface area contributed by atoms with E-state index in [0.717, 1.165) is 12.2 Å². The molecule has 2 aromatic heterocycles. The predicted molar refractivity (Wildman–Crippen MR) is 79.7 cm³/mol. The Morgan fingerprint density at radius 3 is 3.15 bits per heavy atom. The number of pyridine rings is 1. The largest absolute Gasteiger partial charge is 0.316 e. The zero-order valence-corrected chi connectivity index (χ0v) is 12.1. The molecule has 0 radical (unpaired) electrons. The number of rotatable bonds is 2. The highest BCUT2D eigenvalue weighted by Gasteiger charge is 2.40. The molecule has 4 rings (SSSR count). The highest BCUT2D eigenvalue weighted by molar-refractivity contribution is 5.41. The van der Waals surface area contributed by atoms with Gasteiger partial charge in [0.1, 0.15) is 5.65 Å². The van der Waals surface area contributed by atoms with Crippen molar-refractivity contribution in [1.29, 1.82) is 0 Å². The highest BCUT2D eigenvalue weighted by Crippen LogP contribution is 2.36. The van der Waals surface area contributed by atoms with Crippen LogP contribution < -0.4 is 5.32 Å². The summed E-state index contributed by atoms with van der Waals surface area (Å²) in [6, 6.07) is 4.23. The Balaban J connectivity index is 1.55. The molecule has 4 heterocycles. The number of imidazole rings is 1. The third-order valence-electron chi connectivity index (χ3n) is 4.97. The molecule has 2 aliphatic heterocycles. The number of fused-ring (bicyclic) bond motifs is 1. The first-order chi connectivity index (χ1) is 9.74. The van der Waals surface area contributed by atoms with Crippen LogP contribution in [0.5, 0.6) is 0 Å². The molecular weight excluding hydrogens is 248 g/mol. The van der Waals surface area contributed by atoms with Crippen LogP contribution in [0.15, 0.2) is 24.5 Å². The van der Waals surface area contributed by atoms with Crippen LogP contribution in [0.2, 0.25) is 0 Å². The maximum atomic E-state index is 4.51. The van der Waals surface area contributed by atoms with Gasteiger partial charge >= 0.3 is 0 Å². The van der Waals surface area contributed by atoms with E-state index >= 15 is 0 Å². The molecule has 1 N–H and O–H groups in total. The maximum absolute atomic E-state index is 4.51. The summed E-state index contributed by atoms with van der Waals surface area (Å²) in [6.07, 6.45) is 6.92. The van der Waals surface area contributed by atoms with Crippen molar-refractivity contribution in [3.05, 3.63) is 35.8 Å². The van der Waals surface area contributed by atoms with Gasteiger partial charge in [0.25, 0.3) is 0 Å². The van der Waals surface area contributed by atoms with E-state index in [1.165, 1.54) is 50.3 Å². The molecule has 0 saturated carbocycles. The van der Waals surface area contributed by atoms with Crippen molar-refractivity contribution in [2.75, 3.05) is 26.2 Å². The van der Waals surface area contributed by atoms with Crippen LogP contribution in [-0.4, -0.2) is 40.5 Å². The number of likely N-dealkylation sites (tertiary alicyclic amines) is 1.